The van der Waals surface area contributed by atoms with Crippen LogP contribution in [0, 0.1) is 0 Å². The second-order valence-corrected chi connectivity index (χ2v) is 10.7. The molecule has 40 heavy (non-hydrogen) atoms. The van der Waals surface area contributed by atoms with Crippen LogP contribution in [0.2, 0.25) is 0 Å². The fourth-order valence-electron chi connectivity index (χ4n) is 4.95. The van der Waals surface area contributed by atoms with Gasteiger partial charge in [0.05, 0.1) is 17.1 Å². The van der Waals surface area contributed by atoms with E-state index in [9.17, 15) is 18.0 Å². The average molecular weight is 623 g/mol. The molecule has 0 bridgehead atoms. The lowest BCUT2D eigenvalue weighted by atomic mass is 10.1. The van der Waals surface area contributed by atoms with Crippen molar-refractivity contribution < 1.29 is 22.7 Å². The summed E-state index contributed by atoms with van der Waals surface area (Å²) in [6, 6.07) is 7.53. The van der Waals surface area contributed by atoms with E-state index >= 15 is 0 Å². The largest absolute Gasteiger partial charge is 0.572 e. The number of rotatable bonds is 10. The molecule has 11 heteroatoms. The van der Waals surface area contributed by atoms with Crippen LogP contribution in [0.4, 0.5) is 18.9 Å². The normalized spacial score (nSPS) is 21.9. The second kappa shape index (κ2) is 13.5. The van der Waals surface area contributed by atoms with Gasteiger partial charge in [-0.05, 0) is 64.7 Å². The fraction of sp³-hybridized carbons (Fsp3) is 0.448. The zero-order valence-corrected chi connectivity index (χ0v) is 24.3. The molecule has 3 aliphatic rings. The number of amides is 1. The van der Waals surface area contributed by atoms with Crippen molar-refractivity contribution in [1.29, 1.82) is 0 Å². The Morgan fingerprint density at radius 2 is 1.90 bits per heavy atom. The molecule has 1 fully saturated rings. The third-order valence-corrected chi connectivity index (χ3v) is 7.63. The first-order valence-electron chi connectivity index (χ1n) is 13.5. The van der Waals surface area contributed by atoms with Gasteiger partial charge < -0.3 is 19.9 Å². The Bertz CT molecular complexity index is 1190. The molecule has 0 radical (unpaired) electrons. The number of alkyl halides is 3. The molecule has 0 aromatic heterocycles. The van der Waals surface area contributed by atoms with Crippen molar-refractivity contribution in [2.24, 2.45) is 4.99 Å². The van der Waals surface area contributed by atoms with E-state index in [-0.39, 0.29) is 30.3 Å². The quantitative estimate of drug-likeness (QED) is 0.277. The molecule has 3 aliphatic heterocycles. The molecular weight excluding hydrogens is 587 g/mol. The Hall–Kier alpha value is -3.05. The first-order chi connectivity index (χ1) is 19.2. The monoisotopic (exact) mass is 621 g/mol. The molecule has 1 saturated heterocycles. The maximum absolute atomic E-state index is 13.1. The first kappa shape index (κ1) is 29.9. The maximum atomic E-state index is 13.1. The molecule has 0 spiro atoms. The topological polar surface area (TPSA) is 60.4 Å². The van der Waals surface area contributed by atoms with Crippen molar-refractivity contribution in [3.05, 3.63) is 76.7 Å². The van der Waals surface area contributed by atoms with Gasteiger partial charge in [0.25, 0.3) is 0 Å². The standard InChI is InChI=1S/C29H35BrF3N5O2/c1-3-5-6-8-23(40-29(31,32)33)20-36-15-17-37(18-16-36)22-12-10-21(11-13-22)19-34-28(39)26-25(4-2)35-27-24(30)9-7-14-38(26)27/h5-14,25-26H,3-4,15-20H2,1-2H3,(H,34,39)/b6-5-,23-8+. The number of allylic oxidation sites excluding steroid dienone is 5. The van der Waals surface area contributed by atoms with Gasteiger partial charge in [-0.2, -0.15) is 0 Å². The third-order valence-electron chi connectivity index (χ3n) is 7.01. The summed E-state index contributed by atoms with van der Waals surface area (Å²) in [7, 11) is 0. The predicted octanol–water partition coefficient (Wildman–Crippen LogP) is 5.48. The van der Waals surface area contributed by atoms with E-state index in [0.717, 1.165) is 34.4 Å². The molecule has 0 aliphatic carbocycles. The van der Waals surface area contributed by atoms with Crippen molar-refractivity contribution in [2.75, 3.05) is 37.6 Å². The Kier molecular flexibility index (Phi) is 10.1. The minimum atomic E-state index is -4.71. The van der Waals surface area contributed by atoms with Crippen LogP contribution in [-0.2, 0) is 16.1 Å². The summed E-state index contributed by atoms with van der Waals surface area (Å²) < 4.78 is 43.6. The number of halogens is 4. The number of carbonyl (C=O) groups is 1. The van der Waals surface area contributed by atoms with Gasteiger partial charge in [0.1, 0.15) is 17.6 Å². The molecule has 4 rings (SSSR count). The Morgan fingerprint density at radius 3 is 2.55 bits per heavy atom. The fourth-order valence-corrected chi connectivity index (χ4v) is 5.41. The molecule has 0 saturated carbocycles. The number of hydrogen-bond donors (Lipinski definition) is 1. The van der Waals surface area contributed by atoms with Crippen LogP contribution in [0.5, 0.6) is 0 Å². The minimum Gasteiger partial charge on any atom is -0.409 e. The number of amidine groups is 1. The van der Waals surface area contributed by atoms with E-state index in [0.29, 0.717) is 32.7 Å². The number of carbonyl (C=O) groups excluding carboxylic acids is 1. The molecule has 2 atom stereocenters. The predicted molar refractivity (Wildman–Crippen MR) is 155 cm³/mol. The maximum Gasteiger partial charge on any atom is 0.572 e. The highest BCUT2D eigenvalue weighted by Crippen LogP contribution is 2.29. The highest BCUT2D eigenvalue weighted by atomic mass is 79.9. The van der Waals surface area contributed by atoms with Gasteiger partial charge in [0.2, 0.25) is 5.91 Å². The number of nitrogens with zero attached hydrogens (tertiary/aromatic N) is 4. The molecule has 1 N–H and O–H groups in total. The van der Waals surface area contributed by atoms with Crippen molar-refractivity contribution in [3.63, 3.8) is 0 Å². The number of hydrogen-bond acceptors (Lipinski definition) is 6. The van der Waals surface area contributed by atoms with E-state index in [1.165, 1.54) is 6.08 Å². The SMILES string of the molecule is CC/C=C\C=C(/CN1CCN(c2ccc(CNC(=O)C3C(CC)N=C4C(Br)=CC=CN43)cc2)CC1)OC(F)(F)F. The van der Waals surface area contributed by atoms with Crippen LogP contribution in [0.3, 0.4) is 0 Å². The van der Waals surface area contributed by atoms with Gasteiger partial charge in [-0.1, -0.05) is 38.1 Å². The number of piperazine rings is 1. The Morgan fingerprint density at radius 1 is 1.18 bits per heavy atom. The van der Waals surface area contributed by atoms with E-state index in [4.69, 9.17) is 4.99 Å². The van der Waals surface area contributed by atoms with Gasteiger partial charge in [0.15, 0.2) is 0 Å². The van der Waals surface area contributed by atoms with Gasteiger partial charge in [-0.15, -0.1) is 13.2 Å². The third kappa shape index (κ3) is 7.78. The number of nitrogens with one attached hydrogen (secondary N) is 1. The van der Waals surface area contributed by atoms with Crippen molar-refractivity contribution in [1.82, 2.24) is 15.1 Å². The van der Waals surface area contributed by atoms with Gasteiger partial charge in [-0.25, -0.2) is 0 Å². The Labute approximate surface area is 241 Å². The van der Waals surface area contributed by atoms with Crippen LogP contribution in [0.25, 0.3) is 0 Å². The number of aliphatic imine (C=N–C) groups is 1. The summed E-state index contributed by atoms with van der Waals surface area (Å²) in [5.41, 5.74) is 2.02. The summed E-state index contributed by atoms with van der Waals surface area (Å²) in [5, 5.41) is 3.07. The number of fused-ring (bicyclic) bond motifs is 1. The summed E-state index contributed by atoms with van der Waals surface area (Å²) in [4.78, 5) is 24.0. The number of ether oxygens (including phenoxy) is 1. The first-order valence-corrected chi connectivity index (χ1v) is 14.3. The van der Waals surface area contributed by atoms with Crippen molar-refractivity contribution >= 4 is 33.4 Å². The lowest BCUT2D eigenvalue weighted by Gasteiger charge is -2.36. The number of benzene rings is 1. The van der Waals surface area contributed by atoms with Crippen molar-refractivity contribution in [2.45, 2.75) is 51.7 Å². The van der Waals surface area contributed by atoms with Crippen LogP contribution < -0.4 is 10.2 Å². The highest BCUT2D eigenvalue weighted by Gasteiger charge is 2.40. The minimum absolute atomic E-state index is 0.0641. The number of anilines is 1. The lowest BCUT2D eigenvalue weighted by Crippen LogP contribution is -2.48. The van der Waals surface area contributed by atoms with Gasteiger partial charge in [-0.3, -0.25) is 14.7 Å². The average Bonchev–Trinajstić information content (AvgIpc) is 3.32. The van der Waals surface area contributed by atoms with Crippen LogP contribution in [-0.4, -0.2) is 72.7 Å². The molecular formula is C29H35BrF3N5O2. The van der Waals surface area contributed by atoms with E-state index in [2.05, 4.69) is 30.9 Å². The van der Waals surface area contributed by atoms with Crippen LogP contribution in [0.1, 0.15) is 32.3 Å². The van der Waals surface area contributed by atoms with E-state index in [1.807, 2.05) is 66.3 Å². The molecule has 1 aromatic rings. The van der Waals surface area contributed by atoms with E-state index in [1.54, 1.807) is 12.2 Å². The zero-order chi connectivity index (χ0) is 28.7. The summed E-state index contributed by atoms with van der Waals surface area (Å²) in [5.74, 6) is 0.612. The molecule has 216 valence electrons. The van der Waals surface area contributed by atoms with E-state index < -0.39 is 6.36 Å². The summed E-state index contributed by atoms with van der Waals surface area (Å²) >= 11 is 3.53. The van der Waals surface area contributed by atoms with Crippen LogP contribution >= 0.6 is 15.9 Å². The lowest BCUT2D eigenvalue weighted by molar-refractivity contribution is -0.306. The van der Waals surface area contributed by atoms with Crippen LogP contribution in [0.15, 0.2) is 76.1 Å². The molecule has 1 aromatic carbocycles. The molecule has 1 amide bonds. The summed E-state index contributed by atoms with van der Waals surface area (Å²) in [6.45, 7) is 7.08. The summed E-state index contributed by atoms with van der Waals surface area (Å²) in [6.07, 6.45) is 7.28. The molecule has 3 heterocycles. The smallest absolute Gasteiger partial charge is 0.409 e. The van der Waals surface area contributed by atoms with Gasteiger partial charge >= 0.3 is 6.36 Å². The Balaban J connectivity index is 1.27. The molecule has 7 nitrogen and oxygen atoms in total. The highest BCUT2D eigenvalue weighted by molar-refractivity contribution is 9.12. The second-order valence-electron chi connectivity index (χ2n) is 9.80. The molecule has 2 unspecified atom stereocenters. The van der Waals surface area contributed by atoms with Crippen molar-refractivity contribution in [3.8, 4) is 0 Å². The zero-order valence-electron chi connectivity index (χ0n) is 22.7. The van der Waals surface area contributed by atoms with Gasteiger partial charge in [0, 0.05) is 44.6 Å².